The average Bonchev–Trinajstić information content (AvgIpc) is 2.73. The predicted octanol–water partition coefficient (Wildman–Crippen LogP) is 1.30. The first-order chi connectivity index (χ1) is 9.04. The third kappa shape index (κ3) is 3.18. The highest BCUT2D eigenvalue weighted by Gasteiger charge is 2.31. The van der Waals surface area contributed by atoms with Crippen molar-refractivity contribution in [3.8, 4) is 0 Å². The molecule has 0 amide bonds. The first-order valence-electron chi connectivity index (χ1n) is 6.90. The smallest absolute Gasteiger partial charge is 0.0710 e. The molecule has 0 radical (unpaired) electrons. The highest BCUT2D eigenvalue weighted by Crippen LogP contribution is 2.27. The summed E-state index contributed by atoms with van der Waals surface area (Å²) in [4.78, 5) is 4.71. The molecule has 2 N–H and O–H groups in total. The van der Waals surface area contributed by atoms with E-state index in [1.807, 2.05) is 10.9 Å². The largest absolute Gasteiger partial charge is 0.321 e. The van der Waals surface area contributed by atoms with Crippen molar-refractivity contribution in [2.45, 2.75) is 32.0 Å². The standard InChI is InChI=1S/C13H24BrN5/c1-4-5-19-13(10(14)8-16-19)12(15)11-9-17(2)6-7-18(11)3/h8,11-12H,4-7,9,15H2,1-3H3. The molecule has 108 valence electrons. The fraction of sp³-hybridized carbons (Fsp3) is 0.769. The molecule has 2 unspecified atom stereocenters. The van der Waals surface area contributed by atoms with Gasteiger partial charge in [-0.3, -0.25) is 9.58 Å². The molecule has 0 spiro atoms. The van der Waals surface area contributed by atoms with Crippen molar-refractivity contribution in [1.82, 2.24) is 19.6 Å². The van der Waals surface area contributed by atoms with Crippen LogP contribution in [0.5, 0.6) is 0 Å². The molecular formula is C13H24BrN5. The summed E-state index contributed by atoms with van der Waals surface area (Å²) < 4.78 is 3.06. The van der Waals surface area contributed by atoms with Crippen LogP contribution in [0.1, 0.15) is 25.1 Å². The zero-order valence-corrected chi connectivity index (χ0v) is 13.6. The Labute approximate surface area is 123 Å². The molecule has 1 fully saturated rings. The Kier molecular flexibility index (Phi) is 5.00. The number of nitrogens with two attached hydrogens (primary N) is 1. The van der Waals surface area contributed by atoms with E-state index < -0.39 is 0 Å². The monoisotopic (exact) mass is 329 g/mol. The molecule has 1 aromatic heterocycles. The van der Waals surface area contributed by atoms with Crippen LogP contribution in [0.3, 0.4) is 0 Å². The van der Waals surface area contributed by atoms with Gasteiger partial charge in [0.05, 0.1) is 22.4 Å². The number of aryl methyl sites for hydroxylation is 1. The Bertz CT molecular complexity index is 419. The lowest BCUT2D eigenvalue weighted by Crippen LogP contribution is -2.54. The van der Waals surface area contributed by atoms with Crippen LogP contribution in [0, 0.1) is 0 Å². The van der Waals surface area contributed by atoms with E-state index in [-0.39, 0.29) is 6.04 Å². The van der Waals surface area contributed by atoms with Gasteiger partial charge in [0.2, 0.25) is 0 Å². The van der Waals surface area contributed by atoms with Gasteiger partial charge in [-0.15, -0.1) is 0 Å². The molecule has 2 rings (SSSR count). The lowest BCUT2D eigenvalue weighted by atomic mass is 10.0. The fourth-order valence-corrected chi connectivity index (χ4v) is 3.27. The Morgan fingerprint density at radius 1 is 1.47 bits per heavy atom. The third-order valence-electron chi connectivity index (χ3n) is 3.90. The Morgan fingerprint density at radius 2 is 2.21 bits per heavy atom. The normalized spacial score (nSPS) is 23.7. The Balaban J connectivity index is 2.22. The second kappa shape index (κ2) is 6.35. The van der Waals surface area contributed by atoms with Crippen LogP contribution in [0.4, 0.5) is 0 Å². The van der Waals surface area contributed by atoms with Crippen LogP contribution in [-0.2, 0) is 6.54 Å². The van der Waals surface area contributed by atoms with Crippen LogP contribution in [0.25, 0.3) is 0 Å². The quantitative estimate of drug-likeness (QED) is 0.904. The lowest BCUT2D eigenvalue weighted by Gasteiger charge is -2.40. The van der Waals surface area contributed by atoms with Crippen molar-refractivity contribution >= 4 is 15.9 Å². The SMILES string of the molecule is CCCn1ncc(Br)c1C(N)C1CN(C)CCN1C. The topological polar surface area (TPSA) is 50.3 Å². The summed E-state index contributed by atoms with van der Waals surface area (Å²) in [7, 11) is 4.32. The molecule has 1 saturated heterocycles. The van der Waals surface area contributed by atoms with Crippen LogP contribution in [0.2, 0.25) is 0 Å². The number of hydrogen-bond acceptors (Lipinski definition) is 4. The lowest BCUT2D eigenvalue weighted by molar-refractivity contribution is 0.0951. The summed E-state index contributed by atoms with van der Waals surface area (Å²) in [6, 6.07) is 0.318. The molecule has 0 saturated carbocycles. The summed E-state index contributed by atoms with van der Waals surface area (Å²) in [6.07, 6.45) is 2.92. The number of piperazine rings is 1. The molecule has 6 heteroatoms. The van der Waals surface area contributed by atoms with Gasteiger partial charge in [0, 0.05) is 32.2 Å². The van der Waals surface area contributed by atoms with Gasteiger partial charge in [0.25, 0.3) is 0 Å². The van der Waals surface area contributed by atoms with E-state index in [1.165, 1.54) is 0 Å². The molecular weight excluding hydrogens is 306 g/mol. The Hall–Kier alpha value is -0.430. The Morgan fingerprint density at radius 3 is 2.89 bits per heavy atom. The van der Waals surface area contributed by atoms with Crippen LogP contribution >= 0.6 is 15.9 Å². The second-order valence-corrected chi connectivity index (χ2v) is 6.29. The van der Waals surface area contributed by atoms with E-state index in [2.05, 4.69) is 51.8 Å². The number of hydrogen-bond donors (Lipinski definition) is 1. The molecule has 2 heterocycles. The van der Waals surface area contributed by atoms with Crippen molar-refractivity contribution in [2.24, 2.45) is 5.73 Å². The highest BCUT2D eigenvalue weighted by atomic mass is 79.9. The molecule has 1 aromatic rings. The van der Waals surface area contributed by atoms with E-state index in [9.17, 15) is 0 Å². The van der Waals surface area contributed by atoms with Crippen LogP contribution in [0.15, 0.2) is 10.7 Å². The minimum atomic E-state index is -0.0174. The molecule has 0 aromatic carbocycles. The third-order valence-corrected chi connectivity index (χ3v) is 4.51. The van der Waals surface area contributed by atoms with Crippen molar-refractivity contribution in [3.63, 3.8) is 0 Å². The summed E-state index contributed by atoms with van der Waals surface area (Å²) in [6.45, 7) is 6.25. The molecule has 1 aliphatic heterocycles. The second-order valence-electron chi connectivity index (χ2n) is 5.44. The molecule has 0 bridgehead atoms. The summed E-state index contributed by atoms with van der Waals surface area (Å²) >= 11 is 3.59. The van der Waals surface area contributed by atoms with Crippen molar-refractivity contribution in [1.29, 1.82) is 0 Å². The zero-order chi connectivity index (χ0) is 14.0. The molecule has 2 atom stereocenters. The van der Waals surface area contributed by atoms with E-state index in [0.29, 0.717) is 6.04 Å². The molecule has 1 aliphatic rings. The first-order valence-corrected chi connectivity index (χ1v) is 7.69. The van der Waals surface area contributed by atoms with E-state index in [1.54, 1.807) is 0 Å². The van der Waals surface area contributed by atoms with Gasteiger partial charge in [-0.25, -0.2) is 0 Å². The van der Waals surface area contributed by atoms with Gasteiger partial charge in [0.15, 0.2) is 0 Å². The minimum Gasteiger partial charge on any atom is -0.321 e. The van der Waals surface area contributed by atoms with Crippen LogP contribution in [-0.4, -0.2) is 59.4 Å². The number of likely N-dealkylation sites (N-methyl/N-ethyl adjacent to an activating group) is 2. The van der Waals surface area contributed by atoms with E-state index in [0.717, 1.165) is 42.8 Å². The number of rotatable bonds is 4. The predicted molar refractivity (Wildman–Crippen MR) is 81.1 cm³/mol. The first kappa shape index (κ1) is 15.0. The maximum atomic E-state index is 6.54. The van der Waals surface area contributed by atoms with E-state index >= 15 is 0 Å². The highest BCUT2D eigenvalue weighted by molar-refractivity contribution is 9.10. The maximum Gasteiger partial charge on any atom is 0.0710 e. The van der Waals surface area contributed by atoms with Gasteiger partial charge in [-0.1, -0.05) is 6.92 Å². The number of aromatic nitrogens is 2. The van der Waals surface area contributed by atoms with Crippen molar-refractivity contribution in [3.05, 3.63) is 16.4 Å². The molecule has 5 nitrogen and oxygen atoms in total. The number of halogens is 1. The average molecular weight is 330 g/mol. The molecule has 0 aliphatic carbocycles. The molecule has 19 heavy (non-hydrogen) atoms. The number of nitrogens with zero attached hydrogens (tertiary/aromatic N) is 4. The summed E-state index contributed by atoms with van der Waals surface area (Å²) in [5.41, 5.74) is 7.66. The summed E-state index contributed by atoms with van der Waals surface area (Å²) in [5.74, 6) is 0. The van der Waals surface area contributed by atoms with Gasteiger partial charge in [0.1, 0.15) is 0 Å². The van der Waals surface area contributed by atoms with E-state index in [4.69, 9.17) is 5.73 Å². The van der Waals surface area contributed by atoms with Gasteiger partial charge in [-0.05, 0) is 36.4 Å². The van der Waals surface area contributed by atoms with Crippen molar-refractivity contribution in [2.75, 3.05) is 33.7 Å². The fourth-order valence-electron chi connectivity index (χ4n) is 2.71. The van der Waals surface area contributed by atoms with Gasteiger partial charge >= 0.3 is 0 Å². The van der Waals surface area contributed by atoms with Gasteiger partial charge in [-0.2, -0.15) is 5.10 Å². The minimum absolute atomic E-state index is 0.0174. The summed E-state index contributed by atoms with van der Waals surface area (Å²) in [5, 5.41) is 4.42. The van der Waals surface area contributed by atoms with Gasteiger partial charge < -0.3 is 10.6 Å². The van der Waals surface area contributed by atoms with Crippen molar-refractivity contribution < 1.29 is 0 Å². The van der Waals surface area contributed by atoms with Crippen LogP contribution < -0.4 is 5.73 Å². The maximum absolute atomic E-state index is 6.54. The zero-order valence-electron chi connectivity index (χ0n) is 12.0.